The molecule has 8 nitrogen and oxygen atoms in total. The molecule has 1 atom stereocenters. The Balaban J connectivity index is 1.72. The summed E-state index contributed by atoms with van der Waals surface area (Å²) < 4.78 is 0. The number of thiophene rings is 1. The summed E-state index contributed by atoms with van der Waals surface area (Å²) in [5.41, 5.74) is 5.96. The zero-order valence-corrected chi connectivity index (χ0v) is 15.7. The van der Waals surface area contributed by atoms with Gasteiger partial charge in [-0.3, -0.25) is 19.3 Å². The Kier molecular flexibility index (Phi) is 5.33. The van der Waals surface area contributed by atoms with Crippen LogP contribution in [0.3, 0.4) is 0 Å². The molecule has 2 heterocycles. The Morgan fingerprint density at radius 3 is 2.81 bits per heavy atom. The number of para-hydroxylation sites is 1. The van der Waals surface area contributed by atoms with E-state index in [0.717, 1.165) is 0 Å². The molecule has 27 heavy (non-hydrogen) atoms. The second kappa shape index (κ2) is 7.68. The molecule has 2 aromatic heterocycles. The smallest absolute Gasteiger partial charge is 0.258 e. The molecule has 0 unspecified atom stereocenters. The molecule has 9 heteroatoms. The van der Waals surface area contributed by atoms with E-state index in [1.54, 1.807) is 48.5 Å². The van der Waals surface area contributed by atoms with E-state index in [9.17, 15) is 14.4 Å². The van der Waals surface area contributed by atoms with Gasteiger partial charge in [-0.1, -0.05) is 12.1 Å². The van der Waals surface area contributed by atoms with Gasteiger partial charge in [0, 0.05) is 0 Å². The van der Waals surface area contributed by atoms with Crippen molar-refractivity contribution in [1.29, 1.82) is 0 Å². The third kappa shape index (κ3) is 4.04. The first kappa shape index (κ1) is 18.7. The summed E-state index contributed by atoms with van der Waals surface area (Å²) in [6.07, 6.45) is 0. The van der Waals surface area contributed by atoms with Crippen LogP contribution >= 0.6 is 11.3 Å². The van der Waals surface area contributed by atoms with Crippen molar-refractivity contribution in [3.05, 3.63) is 57.5 Å². The van der Waals surface area contributed by atoms with Gasteiger partial charge in [0.15, 0.2) is 0 Å². The molecule has 0 aliphatic heterocycles. The zero-order valence-electron chi connectivity index (χ0n) is 14.9. The van der Waals surface area contributed by atoms with E-state index in [2.05, 4.69) is 15.3 Å². The maximum atomic E-state index is 12.5. The van der Waals surface area contributed by atoms with E-state index in [4.69, 9.17) is 5.73 Å². The fourth-order valence-corrected chi connectivity index (χ4v) is 3.39. The lowest BCUT2D eigenvalue weighted by Gasteiger charge is -2.23. The standard InChI is InChI=1S/C18H19N5O3S/c1-10(16(25)22-18-12(15(19)24)7-8-27-18)23(2)9-14-20-13-6-4-3-5-11(13)17(26)21-14/h3-8,10H,9H2,1-2H3,(H2,19,24)(H,22,25)(H,20,21,26)/t10-/m0/s1. The second-order valence-corrected chi connectivity index (χ2v) is 7.05. The first-order valence-corrected chi connectivity index (χ1v) is 9.11. The van der Waals surface area contributed by atoms with E-state index in [0.29, 0.717) is 21.7 Å². The van der Waals surface area contributed by atoms with Gasteiger partial charge < -0.3 is 16.0 Å². The third-order valence-corrected chi connectivity index (χ3v) is 5.10. The Hall–Kier alpha value is -3.04. The lowest BCUT2D eigenvalue weighted by Crippen LogP contribution is -2.39. The average Bonchev–Trinajstić information content (AvgIpc) is 3.09. The first-order chi connectivity index (χ1) is 12.9. The normalized spacial score (nSPS) is 12.3. The molecule has 0 saturated carbocycles. The maximum absolute atomic E-state index is 12.5. The van der Waals surface area contributed by atoms with E-state index >= 15 is 0 Å². The fourth-order valence-electron chi connectivity index (χ4n) is 2.60. The molecule has 0 spiro atoms. The summed E-state index contributed by atoms with van der Waals surface area (Å²) in [6, 6.07) is 8.12. The number of hydrogen-bond donors (Lipinski definition) is 3. The highest BCUT2D eigenvalue weighted by Gasteiger charge is 2.21. The van der Waals surface area contributed by atoms with Crippen LogP contribution in [0.1, 0.15) is 23.1 Å². The van der Waals surface area contributed by atoms with Crippen molar-refractivity contribution < 1.29 is 9.59 Å². The molecule has 0 aliphatic carbocycles. The molecule has 3 rings (SSSR count). The van der Waals surface area contributed by atoms with Gasteiger partial charge in [0.2, 0.25) is 5.91 Å². The highest BCUT2D eigenvalue weighted by molar-refractivity contribution is 7.14. The number of rotatable bonds is 6. The number of carbonyl (C=O) groups excluding carboxylic acids is 2. The van der Waals surface area contributed by atoms with Crippen LogP contribution in [0.25, 0.3) is 10.9 Å². The number of likely N-dealkylation sites (N-methyl/N-ethyl adjacent to an activating group) is 1. The molecule has 0 bridgehead atoms. The van der Waals surface area contributed by atoms with E-state index in [-0.39, 0.29) is 23.6 Å². The van der Waals surface area contributed by atoms with Crippen molar-refractivity contribution in [3.63, 3.8) is 0 Å². The number of H-pyrrole nitrogens is 1. The van der Waals surface area contributed by atoms with Gasteiger partial charge >= 0.3 is 0 Å². The van der Waals surface area contributed by atoms with Gasteiger partial charge in [-0.25, -0.2) is 4.98 Å². The fraction of sp³-hybridized carbons (Fsp3) is 0.222. The van der Waals surface area contributed by atoms with E-state index in [1.165, 1.54) is 11.3 Å². The van der Waals surface area contributed by atoms with Crippen LogP contribution in [-0.4, -0.2) is 39.8 Å². The van der Waals surface area contributed by atoms with Crippen LogP contribution in [0.2, 0.25) is 0 Å². The number of nitrogens with zero attached hydrogens (tertiary/aromatic N) is 2. The summed E-state index contributed by atoms with van der Waals surface area (Å²) >= 11 is 1.23. The zero-order chi connectivity index (χ0) is 19.6. The van der Waals surface area contributed by atoms with Crippen LogP contribution in [-0.2, 0) is 11.3 Å². The van der Waals surface area contributed by atoms with Crippen molar-refractivity contribution >= 4 is 39.1 Å². The highest BCUT2D eigenvalue weighted by atomic mass is 32.1. The first-order valence-electron chi connectivity index (χ1n) is 8.23. The molecule has 0 radical (unpaired) electrons. The van der Waals surface area contributed by atoms with E-state index < -0.39 is 11.9 Å². The van der Waals surface area contributed by atoms with Crippen LogP contribution in [0.5, 0.6) is 0 Å². The molecule has 3 aromatic rings. The molecule has 2 amide bonds. The van der Waals surface area contributed by atoms with Gasteiger partial charge in [0.25, 0.3) is 11.5 Å². The minimum atomic E-state index is -0.592. The third-order valence-electron chi connectivity index (χ3n) is 4.27. The SMILES string of the molecule is C[C@@H](C(=O)Nc1sccc1C(N)=O)N(C)Cc1nc2ccccc2c(=O)[nH]1. The minimum absolute atomic E-state index is 0.217. The molecule has 0 aliphatic rings. The van der Waals surface area contributed by atoms with Crippen molar-refractivity contribution in [2.24, 2.45) is 5.73 Å². The predicted octanol–water partition coefficient (Wildman–Crippen LogP) is 1.54. The summed E-state index contributed by atoms with van der Waals surface area (Å²) in [6.45, 7) is 2.01. The predicted molar refractivity (Wildman–Crippen MR) is 105 cm³/mol. The molecular formula is C18H19N5O3S. The van der Waals surface area contributed by atoms with Crippen LogP contribution in [0, 0.1) is 0 Å². The average molecular weight is 385 g/mol. The van der Waals surface area contributed by atoms with Crippen molar-refractivity contribution in [1.82, 2.24) is 14.9 Å². The van der Waals surface area contributed by atoms with Gasteiger partial charge in [-0.05, 0) is 37.6 Å². The Bertz CT molecular complexity index is 1060. The monoisotopic (exact) mass is 385 g/mol. The van der Waals surface area contributed by atoms with Crippen molar-refractivity contribution in [2.45, 2.75) is 19.5 Å². The number of carbonyl (C=O) groups is 2. The van der Waals surface area contributed by atoms with Crippen LogP contribution in [0.4, 0.5) is 5.00 Å². The number of benzene rings is 1. The number of fused-ring (bicyclic) bond motifs is 1. The Morgan fingerprint density at radius 1 is 1.33 bits per heavy atom. The number of amides is 2. The van der Waals surface area contributed by atoms with Crippen molar-refractivity contribution in [3.8, 4) is 0 Å². The number of aromatic nitrogens is 2. The molecule has 0 fully saturated rings. The Labute approximate surface area is 159 Å². The molecule has 140 valence electrons. The lowest BCUT2D eigenvalue weighted by atomic mass is 10.2. The van der Waals surface area contributed by atoms with Crippen molar-refractivity contribution in [2.75, 3.05) is 12.4 Å². The van der Waals surface area contributed by atoms with Crippen LogP contribution in [0.15, 0.2) is 40.5 Å². The number of primary amides is 1. The Morgan fingerprint density at radius 2 is 2.07 bits per heavy atom. The topological polar surface area (TPSA) is 121 Å². The number of nitrogens with two attached hydrogens (primary N) is 1. The largest absolute Gasteiger partial charge is 0.366 e. The summed E-state index contributed by atoms with van der Waals surface area (Å²) in [5.74, 6) is -0.411. The molecular weight excluding hydrogens is 366 g/mol. The number of nitrogens with one attached hydrogen (secondary N) is 2. The number of anilines is 1. The van der Waals surface area contributed by atoms with E-state index in [1.807, 2.05) is 6.07 Å². The summed E-state index contributed by atoms with van der Waals surface area (Å²) in [7, 11) is 1.75. The van der Waals surface area contributed by atoms with Gasteiger partial charge in [-0.2, -0.15) is 0 Å². The molecule has 1 aromatic carbocycles. The van der Waals surface area contributed by atoms with Gasteiger partial charge in [-0.15, -0.1) is 11.3 Å². The second-order valence-electron chi connectivity index (χ2n) is 6.14. The molecule has 0 saturated heterocycles. The molecule has 4 N–H and O–H groups in total. The minimum Gasteiger partial charge on any atom is -0.366 e. The quantitative estimate of drug-likeness (QED) is 0.594. The summed E-state index contributed by atoms with van der Waals surface area (Å²) in [5, 5.41) is 5.35. The number of aromatic amines is 1. The maximum Gasteiger partial charge on any atom is 0.258 e. The summed E-state index contributed by atoms with van der Waals surface area (Å²) in [4.78, 5) is 45.0. The van der Waals surface area contributed by atoms with Gasteiger partial charge in [0.05, 0.1) is 29.1 Å². The van der Waals surface area contributed by atoms with Gasteiger partial charge in [0.1, 0.15) is 10.8 Å². The highest BCUT2D eigenvalue weighted by Crippen LogP contribution is 2.23. The lowest BCUT2D eigenvalue weighted by molar-refractivity contribution is -0.120. The van der Waals surface area contributed by atoms with Crippen LogP contribution < -0.4 is 16.6 Å². The number of hydrogen-bond acceptors (Lipinski definition) is 6.